The van der Waals surface area contributed by atoms with Crippen LogP contribution in [-0.4, -0.2) is 6.54 Å². The maximum absolute atomic E-state index is 6.02. The van der Waals surface area contributed by atoms with Gasteiger partial charge in [-0.15, -0.1) is 0 Å². The third-order valence-corrected chi connectivity index (χ3v) is 4.99. The number of rotatable bonds is 2. The Morgan fingerprint density at radius 2 is 1.88 bits per heavy atom. The quantitative estimate of drug-likeness (QED) is 0.876. The van der Waals surface area contributed by atoms with Crippen LogP contribution >= 0.6 is 15.9 Å². The summed E-state index contributed by atoms with van der Waals surface area (Å²) in [5, 5.41) is 0. The smallest absolute Gasteiger partial charge is 0.0210 e. The third-order valence-electron chi connectivity index (χ3n) is 4.17. The van der Waals surface area contributed by atoms with Crippen molar-refractivity contribution in [3.63, 3.8) is 0 Å². The topological polar surface area (TPSA) is 26.0 Å². The minimum atomic E-state index is 0.251. The lowest BCUT2D eigenvalue weighted by molar-refractivity contribution is 0.452. The van der Waals surface area contributed by atoms with E-state index in [1.165, 1.54) is 46.8 Å². The fraction of sp³-hybridized carbons (Fsp3) is 0.571. The molecule has 2 heteroatoms. The molecule has 1 fully saturated rings. The highest BCUT2D eigenvalue weighted by Gasteiger charge is 2.34. The van der Waals surface area contributed by atoms with Gasteiger partial charge in [-0.1, -0.05) is 34.8 Å². The van der Waals surface area contributed by atoms with Gasteiger partial charge in [0.1, 0.15) is 0 Å². The summed E-state index contributed by atoms with van der Waals surface area (Å²) in [6.45, 7) is 5.12. The zero-order chi connectivity index (χ0) is 11.8. The highest BCUT2D eigenvalue weighted by Crippen LogP contribution is 2.41. The van der Waals surface area contributed by atoms with E-state index in [4.69, 9.17) is 5.73 Å². The molecular weight excluding hydrogens is 262 g/mol. The fourth-order valence-corrected chi connectivity index (χ4v) is 3.34. The summed E-state index contributed by atoms with van der Waals surface area (Å²) in [5.41, 5.74) is 10.4. The summed E-state index contributed by atoms with van der Waals surface area (Å²) in [4.78, 5) is 0. The summed E-state index contributed by atoms with van der Waals surface area (Å²) >= 11 is 3.66. The molecule has 0 spiro atoms. The maximum Gasteiger partial charge on any atom is 0.0210 e. The van der Waals surface area contributed by atoms with Crippen molar-refractivity contribution in [2.75, 3.05) is 6.54 Å². The summed E-state index contributed by atoms with van der Waals surface area (Å²) in [5.74, 6) is 0. The Balaban J connectivity index is 2.47. The second kappa shape index (κ2) is 4.50. The molecule has 88 valence electrons. The lowest BCUT2D eigenvalue weighted by Crippen LogP contribution is -2.32. The van der Waals surface area contributed by atoms with Crippen LogP contribution in [0.4, 0.5) is 0 Å². The molecule has 1 aliphatic carbocycles. The second-order valence-electron chi connectivity index (χ2n) is 5.09. The van der Waals surface area contributed by atoms with Crippen LogP contribution in [0.2, 0.25) is 0 Å². The molecular formula is C14H20BrN. The van der Waals surface area contributed by atoms with Gasteiger partial charge in [-0.25, -0.2) is 0 Å². The van der Waals surface area contributed by atoms with Crippen molar-refractivity contribution in [3.8, 4) is 0 Å². The molecule has 1 aliphatic rings. The van der Waals surface area contributed by atoms with Crippen molar-refractivity contribution in [1.82, 2.24) is 0 Å². The van der Waals surface area contributed by atoms with Crippen molar-refractivity contribution in [1.29, 1.82) is 0 Å². The van der Waals surface area contributed by atoms with Crippen LogP contribution in [0.15, 0.2) is 16.6 Å². The number of hydrogen-bond donors (Lipinski definition) is 1. The van der Waals surface area contributed by atoms with Crippen LogP contribution in [0.25, 0.3) is 0 Å². The molecule has 0 bridgehead atoms. The second-order valence-corrected chi connectivity index (χ2v) is 5.95. The van der Waals surface area contributed by atoms with E-state index in [1.807, 2.05) is 0 Å². The highest BCUT2D eigenvalue weighted by molar-refractivity contribution is 9.10. The molecule has 2 rings (SSSR count). The number of hydrogen-bond acceptors (Lipinski definition) is 1. The van der Waals surface area contributed by atoms with Crippen LogP contribution in [0, 0.1) is 13.8 Å². The van der Waals surface area contributed by atoms with E-state index >= 15 is 0 Å². The van der Waals surface area contributed by atoms with Gasteiger partial charge in [-0.05, 0) is 49.4 Å². The Morgan fingerprint density at radius 1 is 1.25 bits per heavy atom. The van der Waals surface area contributed by atoms with Gasteiger partial charge < -0.3 is 5.73 Å². The van der Waals surface area contributed by atoms with E-state index in [-0.39, 0.29) is 5.41 Å². The molecule has 2 N–H and O–H groups in total. The molecule has 1 saturated carbocycles. The van der Waals surface area contributed by atoms with Crippen LogP contribution in [0.1, 0.15) is 42.4 Å². The molecule has 1 nitrogen and oxygen atoms in total. The van der Waals surface area contributed by atoms with Gasteiger partial charge in [-0.3, -0.25) is 0 Å². The lowest BCUT2D eigenvalue weighted by Gasteiger charge is -2.29. The Hall–Kier alpha value is -0.340. The van der Waals surface area contributed by atoms with Crippen molar-refractivity contribution < 1.29 is 0 Å². The van der Waals surface area contributed by atoms with E-state index < -0.39 is 0 Å². The number of nitrogens with two attached hydrogens (primary N) is 1. The van der Waals surface area contributed by atoms with Crippen LogP contribution in [0.5, 0.6) is 0 Å². The van der Waals surface area contributed by atoms with Crippen LogP contribution in [-0.2, 0) is 5.41 Å². The fourth-order valence-electron chi connectivity index (χ4n) is 2.78. The van der Waals surface area contributed by atoms with Gasteiger partial charge in [0.05, 0.1) is 0 Å². The molecule has 0 atom stereocenters. The number of aryl methyl sites for hydroxylation is 1. The Kier molecular flexibility index (Phi) is 3.41. The molecule has 0 aliphatic heterocycles. The van der Waals surface area contributed by atoms with E-state index in [0.29, 0.717) is 0 Å². The monoisotopic (exact) mass is 281 g/mol. The predicted octanol–water partition coefficient (Wildman–Crippen LogP) is 3.84. The average molecular weight is 282 g/mol. The lowest BCUT2D eigenvalue weighted by atomic mass is 9.78. The zero-order valence-electron chi connectivity index (χ0n) is 10.1. The molecule has 0 amide bonds. The Morgan fingerprint density at radius 3 is 2.38 bits per heavy atom. The van der Waals surface area contributed by atoms with Gasteiger partial charge in [0.2, 0.25) is 0 Å². The number of halogens is 1. The summed E-state index contributed by atoms with van der Waals surface area (Å²) in [6.07, 6.45) is 5.14. The summed E-state index contributed by atoms with van der Waals surface area (Å²) in [7, 11) is 0. The van der Waals surface area contributed by atoms with Crippen molar-refractivity contribution in [2.45, 2.75) is 44.9 Å². The molecule has 1 aromatic rings. The minimum absolute atomic E-state index is 0.251. The van der Waals surface area contributed by atoms with Gasteiger partial charge in [0.25, 0.3) is 0 Å². The van der Waals surface area contributed by atoms with Gasteiger partial charge in [-0.2, -0.15) is 0 Å². The van der Waals surface area contributed by atoms with Crippen molar-refractivity contribution in [2.24, 2.45) is 5.73 Å². The van der Waals surface area contributed by atoms with Crippen molar-refractivity contribution in [3.05, 3.63) is 33.3 Å². The van der Waals surface area contributed by atoms with E-state index in [9.17, 15) is 0 Å². The molecule has 0 aromatic heterocycles. The number of benzene rings is 1. The summed E-state index contributed by atoms with van der Waals surface area (Å²) in [6, 6.07) is 4.61. The maximum atomic E-state index is 6.02. The van der Waals surface area contributed by atoms with Gasteiger partial charge >= 0.3 is 0 Å². The van der Waals surface area contributed by atoms with Gasteiger partial charge in [0.15, 0.2) is 0 Å². The van der Waals surface area contributed by atoms with E-state index in [1.54, 1.807) is 0 Å². The molecule has 0 unspecified atom stereocenters. The van der Waals surface area contributed by atoms with E-state index in [2.05, 4.69) is 41.9 Å². The van der Waals surface area contributed by atoms with Crippen LogP contribution in [0.3, 0.4) is 0 Å². The largest absolute Gasteiger partial charge is 0.330 e. The first-order valence-corrected chi connectivity index (χ1v) is 6.86. The molecule has 16 heavy (non-hydrogen) atoms. The first kappa shape index (κ1) is 12.1. The molecule has 0 saturated heterocycles. The minimum Gasteiger partial charge on any atom is -0.330 e. The predicted molar refractivity (Wildman–Crippen MR) is 72.8 cm³/mol. The molecule has 0 radical (unpaired) electrons. The standard InChI is InChI=1S/C14H20BrN/c1-10-7-12(8-13(15)11(10)2)14(9-16)5-3-4-6-14/h7-8H,3-6,9,16H2,1-2H3. The summed E-state index contributed by atoms with van der Waals surface area (Å²) < 4.78 is 1.22. The SMILES string of the molecule is Cc1cc(C2(CN)CCCC2)cc(Br)c1C. The first-order chi connectivity index (χ1) is 7.59. The molecule has 0 heterocycles. The Labute approximate surface area is 107 Å². The highest BCUT2D eigenvalue weighted by atomic mass is 79.9. The van der Waals surface area contributed by atoms with Crippen LogP contribution < -0.4 is 5.73 Å². The zero-order valence-corrected chi connectivity index (χ0v) is 11.7. The van der Waals surface area contributed by atoms with Crippen molar-refractivity contribution >= 4 is 15.9 Å². The third kappa shape index (κ3) is 1.93. The normalized spacial score (nSPS) is 19.0. The van der Waals surface area contributed by atoms with Gasteiger partial charge in [0, 0.05) is 16.4 Å². The first-order valence-electron chi connectivity index (χ1n) is 6.06. The average Bonchev–Trinajstić information content (AvgIpc) is 2.75. The Bertz CT molecular complexity index is 369. The molecule has 1 aromatic carbocycles. The van der Waals surface area contributed by atoms with E-state index in [0.717, 1.165) is 6.54 Å².